The van der Waals surface area contributed by atoms with E-state index in [1.807, 2.05) is 11.3 Å². The molecule has 3 rings (SSSR count). The van der Waals surface area contributed by atoms with Gasteiger partial charge in [0.1, 0.15) is 0 Å². The first-order valence-electron chi connectivity index (χ1n) is 5.58. The molecule has 0 radical (unpaired) electrons. The van der Waals surface area contributed by atoms with Gasteiger partial charge in [-0.25, -0.2) is 10.9 Å². The van der Waals surface area contributed by atoms with Gasteiger partial charge in [-0.2, -0.15) is 0 Å². The van der Waals surface area contributed by atoms with Crippen molar-refractivity contribution in [2.24, 2.45) is 5.90 Å². The quantitative estimate of drug-likeness (QED) is 0.827. The fourth-order valence-corrected chi connectivity index (χ4v) is 3.08. The van der Waals surface area contributed by atoms with Crippen molar-refractivity contribution >= 4 is 21.6 Å². The van der Waals surface area contributed by atoms with Crippen LogP contribution in [0.15, 0.2) is 18.2 Å². The zero-order valence-corrected chi connectivity index (χ0v) is 9.80. The smallest absolute Gasteiger partial charge is 0.0969 e. The first-order chi connectivity index (χ1) is 7.88. The van der Waals surface area contributed by atoms with E-state index < -0.39 is 0 Å². The molecule has 0 saturated heterocycles. The highest BCUT2D eigenvalue weighted by Gasteiger charge is 2.27. The molecule has 0 unspecified atom stereocenters. The van der Waals surface area contributed by atoms with Gasteiger partial charge in [0.05, 0.1) is 21.8 Å². The van der Waals surface area contributed by atoms with Gasteiger partial charge in [0.25, 0.3) is 0 Å². The SMILES string of the molecule is NOCCc1cccc2sc(C3CC3)nc12. The van der Waals surface area contributed by atoms with E-state index in [1.165, 1.54) is 28.1 Å². The Labute approximate surface area is 98.2 Å². The van der Waals surface area contributed by atoms with Crippen LogP contribution in [0.3, 0.4) is 0 Å². The van der Waals surface area contributed by atoms with Gasteiger partial charge >= 0.3 is 0 Å². The van der Waals surface area contributed by atoms with Crippen molar-refractivity contribution in [3.8, 4) is 0 Å². The number of hydrogen-bond acceptors (Lipinski definition) is 4. The molecule has 1 aromatic heterocycles. The second-order valence-corrected chi connectivity index (χ2v) is 5.27. The summed E-state index contributed by atoms with van der Waals surface area (Å²) in [6.07, 6.45) is 3.45. The number of nitrogens with two attached hydrogens (primary N) is 1. The van der Waals surface area contributed by atoms with Gasteiger partial charge in [-0.1, -0.05) is 12.1 Å². The molecular formula is C12H14N2OS. The Bertz CT molecular complexity index is 505. The maximum absolute atomic E-state index is 5.07. The second-order valence-electron chi connectivity index (χ2n) is 4.21. The average Bonchev–Trinajstić information content (AvgIpc) is 3.06. The standard InChI is InChI=1S/C12H14N2OS/c13-15-7-6-8-2-1-3-10-11(8)14-12(16-10)9-4-5-9/h1-3,9H,4-7,13H2. The summed E-state index contributed by atoms with van der Waals surface area (Å²) < 4.78 is 1.29. The van der Waals surface area contributed by atoms with Crippen molar-refractivity contribution < 1.29 is 4.84 Å². The molecule has 1 aromatic carbocycles. The lowest BCUT2D eigenvalue weighted by atomic mass is 10.1. The lowest BCUT2D eigenvalue weighted by Crippen LogP contribution is -2.03. The molecule has 0 amide bonds. The third kappa shape index (κ3) is 1.84. The van der Waals surface area contributed by atoms with Gasteiger partial charge in [0, 0.05) is 5.92 Å². The third-order valence-electron chi connectivity index (χ3n) is 2.93. The van der Waals surface area contributed by atoms with E-state index in [-0.39, 0.29) is 0 Å². The molecule has 2 N–H and O–H groups in total. The molecule has 1 fully saturated rings. The van der Waals surface area contributed by atoms with Gasteiger partial charge in [-0.15, -0.1) is 11.3 Å². The van der Waals surface area contributed by atoms with Crippen LogP contribution in [0.2, 0.25) is 0 Å². The van der Waals surface area contributed by atoms with Crippen LogP contribution in [0.25, 0.3) is 10.2 Å². The molecule has 0 aliphatic heterocycles. The Morgan fingerprint density at radius 2 is 2.31 bits per heavy atom. The summed E-state index contributed by atoms with van der Waals surface area (Å²) in [6.45, 7) is 0.551. The van der Waals surface area contributed by atoms with E-state index in [2.05, 4.69) is 23.0 Å². The number of benzene rings is 1. The molecule has 1 heterocycles. The van der Waals surface area contributed by atoms with Gasteiger partial charge in [0.2, 0.25) is 0 Å². The Balaban J connectivity index is 1.99. The lowest BCUT2D eigenvalue weighted by Gasteiger charge is -2.00. The first kappa shape index (κ1) is 10.2. The molecule has 0 atom stereocenters. The molecule has 0 bridgehead atoms. The van der Waals surface area contributed by atoms with Crippen LogP contribution in [0.1, 0.15) is 29.3 Å². The number of nitrogens with zero attached hydrogens (tertiary/aromatic N) is 1. The predicted octanol–water partition coefficient (Wildman–Crippen LogP) is 2.61. The molecule has 16 heavy (non-hydrogen) atoms. The van der Waals surface area contributed by atoms with E-state index in [1.54, 1.807) is 0 Å². The minimum absolute atomic E-state index is 0.551. The Morgan fingerprint density at radius 3 is 3.06 bits per heavy atom. The zero-order valence-electron chi connectivity index (χ0n) is 8.98. The third-order valence-corrected chi connectivity index (χ3v) is 4.12. The van der Waals surface area contributed by atoms with E-state index in [0.717, 1.165) is 17.9 Å². The maximum atomic E-state index is 5.07. The Morgan fingerprint density at radius 1 is 1.44 bits per heavy atom. The highest BCUT2D eigenvalue weighted by molar-refractivity contribution is 7.18. The van der Waals surface area contributed by atoms with E-state index in [9.17, 15) is 0 Å². The number of rotatable bonds is 4. The topological polar surface area (TPSA) is 48.1 Å². The van der Waals surface area contributed by atoms with Gasteiger partial charge in [-0.3, -0.25) is 0 Å². The highest BCUT2D eigenvalue weighted by Crippen LogP contribution is 2.43. The normalized spacial score (nSPS) is 15.8. The number of thiazole rings is 1. The summed E-state index contributed by atoms with van der Waals surface area (Å²) in [7, 11) is 0. The molecule has 84 valence electrons. The van der Waals surface area contributed by atoms with Gasteiger partial charge in [-0.05, 0) is 30.9 Å². The van der Waals surface area contributed by atoms with Crippen LogP contribution in [0, 0.1) is 0 Å². The molecule has 1 saturated carbocycles. The van der Waals surface area contributed by atoms with Crippen LogP contribution >= 0.6 is 11.3 Å². The number of aromatic nitrogens is 1. The summed E-state index contributed by atoms with van der Waals surface area (Å²) in [6, 6.07) is 6.34. The van der Waals surface area contributed by atoms with Gasteiger partial charge in [0.15, 0.2) is 0 Å². The summed E-state index contributed by atoms with van der Waals surface area (Å²) in [5, 5.41) is 1.30. The monoisotopic (exact) mass is 234 g/mol. The zero-order chi connectivity index (χ0) is 11.0. The van der Waals surface area contributed by atoms with E-state index >= 15 is 0 Å². The minimum Gasteiger partial charge on any atom is -0.304 e. The first-order valence-corrected chi connectivity index (χ1v) is 6.40. The van der Waals surface area contributed by atoms with Crippen LogP contribution in [0.5, 0.6) is 0 Å². The fourth-order valence-electron chi connectivity index (χ4n) is 1.90. The summed E-state index contributed by atoms with van der Waals surface area (Å²) >= 11 is 1.83. The summed E-state index contributed by atoms with van der Waals surface area (Å²) in [4.78, 5) is 9.39. The summed E-state index contributed by atoms with van der Waals surface area (Å²) in [5.41, 5.74) is 2.39. The fraction of sp³-hybridized carbons (Fsp3) is 0.417. The average molecular weight is 234 g/mol. The van der Waals surface area contributed by atoms with Crippen molar-refractivity contribution in [3.05, 3.63) is 28.8 Å². The largest absolute Gasteiger partial charge is 0.304 e. The van der Waals surface area contributed by atoms with Crippen molar-refractivity contribution in [1.82, 2.24) is 4.98 Å². The molecule has 1 aliphatic rings. The lowest BCUT2D eigenvalue weighted by molar-refractivity contribution is 0.141. The number of hydrogen-bond donors (Lipinski definition) is 1. The maximum Gasteiger partial charge on any atom is 0.0969 e. The summed E-state index contributed by atoms with van der Waals surface area (Å²) in [5.74, 6) is 5.80. The highest BCUT2D eigenvalue weighted by atomic mass is 32.1. The van der Waals surface area contributed by atoms with Crippen LogP contribution in [0.4, 0.5) is 0 Å². The minimum atomic E-state index is 0.551. The molecule has 2 aromatic rings. The number of fused-ring (bicyclic) bond motifs is 1. The van der Waals surface area contributed by atoms with Crippen molar-refractivity contribution in [2.45, 2.75) is 25.2 Å². The number of para-hydroxylation sites is 1. The molecular weight excluding hydrogens is 220 g/mol. The van der Waals surface area contributed by atoms with E-state index in [4.69, 9.17) is 10.9 Å². The van der Waals surface area contributed by atoms with E-state index in [0.29, 0.717) is 6.61 Å². The van der Waals surface area contributed by atoms with Crippen molar-refractivity contribution in [2.75, 3.05) is 6.61 Å². The van der Waals surface area contributed by atoms with Crippen LogP contribution < -0.4 is 5.90 Å². The van der Waals surface area contributed by atoms with Crippen LogP contribution in [-0.4, -0.2) is 11.6 Å². The molecule has 4 heteroatoms. The Kier molecular flexibility index (Phi) is 2.63. The Hall–Kier alpha value is -0.970. The predicted molar refractivity (Wildman–Crippen MR) is 65.4 cm³/mol. The van der Waals surface area contributed by atoms with Gasteiger partial charge < -0.3 is 4.84 Å². The van der Waals surface area contributed by atoms with Crippen LogP contribution in [-0.2, 0) is 11.3 Å². The molecule has 1 aliphatic carbocycles. The molecule has 0 spiro atoms. The molecule has 3 nitrogen and oxygen atoms in total. The van der Waals surface area contributed by atoms with Crippen molar-refractivity contribution in [3.63, 3.8) is 0 Å². The second kappa shape index (κ2) is 4.13. The van der Waals surface area contributed by atoms with Crippen molar-refractivity contribution in [1.29, 1.82) is 0 Å².